The summed E-state index contributed by atoms with van der Waals surface area (Å²) in [4.78, 5) is 14.0. The molecule has 90 valence electrons. The van der Waals surface area contributed by atoms with E-state index in [1.807, 2.05) is 6.92 Å². The Labute approximate surface area is 101 Å². The van der Waals surface area contributed by atoms with Crippen molar-refractivity contribution in [3.8, 4) is 6.07 Å². The standard InChI is InChI=1S/C12H16N4O/c1-9-11(8-15(2)14-9)12(17)16-6-4-3-5-10(16)7-13/h8,10H,3-6H2,1-2H3. The van der Waals surface area contributed by atoms with Crippen LogP contribution >= 0.6 is 0 Å². The fourth-order valence-corrected chi connectivity index (χ4v) is 2.27. The maximum atomic E-state index is 12.3. The molecular formula is C12H16N4O. The summed E-state index contributed by atoms with van der Waals surface area (Å²) in [6.07, 6.45) is 4.50. The van der Waals surface area contributed by atoms with Gasteiger partial charge in [-0.1, -0.05) is 0 Å². The zero-order valence-electron chi connectivity index (χ0n) is 10.2. The molecule has 1 amide bonds. The first kappa shape index (κ1) is 11.6. The molecule has 2 heterocycles. The largest absolute Gasteiger partial charge is 0.323 e. The average Bonchev–Trinajstić information content (AvgIpc) is 2.67. The Hall–Kier alpha value is -1.83. The Morgan fingerprint density at radius 1 is 1.59 bits per heavy atom. The van der Waals surface area contributed by atoms with E-state index in [-0.39, 0.29) is 11.9 Å². The van der Waals surface area contributed by atoms with Crippen LogP contribution in [0.2, 0.25) is 0 Å². The second-order valence-corrected chi connectivity index (χ2v) is 4.44. The highest BCUT2D eigenvalue weighted by molar-refractivity contribution is 5.95. The Morgan fingerprint density at radius 2 is 2.35 bits per heavy atom. The van der Waals surface area contributed by atoms with Gasteiger partial charge in [0, 0.05) is 19.8 Å². The topological polar surface area (TPSA) is 61.9 Å². The number of hydrogen-bond acceptors (Lipinski definition) is 3. The lowest BCUT2D eigenvalue weighted by Crippen LogP contribution is -2.43. The second kappa shape index (κ2) is 4.58. The van der Waals surface area contributed by atoms with E-state index in [2.05, 4.69) is 11.2 Å². The Kier molecular flexibility index (Phi) is 3.14. The number of rotatable bonds is 1. The van der Waals surface area contributed by atoms with Crippen LogP contribution in [0.1, 0.15) is 35.3 Å². The summed E-state index contributed by atoms with van der Waals surface area (Å²) in [6.45, 7) is 2.49. The lowest BCUT2D eigenvalue weighted by Gasteiger charge is -2.31. The molecule has 1 aromatic rings. The molecule has 0 spiro atoms. The van der Waals surface area contributed by atoms with E-state index in [0.29, 0.717) is 12.1 Å². The molecule has 1 fully saturated rings. The van der Waals surface area contributed by atoms with Crippen molar-refractivity contribution in [2.75, 3.05) is 6.54 Å². The fourth-order valence-electron chi connectivity index (χ4n) is 2.27. The van der Waals surface area contributed by atoms with Gasteiger partial charge in [-0.25, -0.2) is 0 Å². The molecule has 1 atom stereocenters. The molecule has 5 heteroatoms. The van der Waals surface area contributed by atoms with E-state index in [0.717, 1.165) is 25.0 Å². The van der Waals surface area contributed by atoms with Crippen LogP contribution in [0, 0.1) is 18.3 Å². The average molecular weight is 232 g/mol. The summed E-state index contributed by atoms with van der Waals surface area (Å²) in [7, 11) is 1.79. The zero-order chi connectivity index (χ0) is 12.4. The molecule has 0 aromatic carbocycles. The van der Waals surface area contributed by atoms with E-state index in [4.69, 9.17) is 5.26 Å². The molecule has 1 aliphatic heterocycles. The quantitative estimate of drug-likeness (QED) is 0.732. The van der Waals surface area contributed by atoms with Crippen molar-refractivity contribution >= 4 is 5.91 Å². The zero-order valence-corrected chi connectivity index (χ0v) is 10.2. The first-order chi connectivity index (χ1) is 8.13. The molecule has 2 rings (SSSR count). The van der Waals surface area contributed by atoms with Gasteiger partial charge in [0.25, 0.3) is 5.91 Å². The summed E-state index contributed by atoms with van der Waals surface area (Å²) in [6, 6.07) is 1.93. The summed E-state index contributed by atoms with van der Waals surface area (Å²) >= 11 is 0. The highest BCUT2D eigenvalue weighted by Gasteiger charge is 2.28. The van der Waals surface area contributed by atoms with Crippen LogP contribution in [0.5, 0.6) is 0 Å². The minimum atomic E-state index is -0.282. The third kappa shape index (κ3) is 2.16. The number of likely N-dealkylation sites (tertiary alicyclic amines) is 1. The second-order valence-electron chi connectivity index (χ2n) is 4.44. The van der Waals surface area contributed by atoms with Crippen molar-refractivity contribution in [2.24, 2.45) is 7.05 Å². The van der Waals surface area contributed by atoms with Crippen LogP contribution in [0.25, 0.3) is 0 Å². The Balaban J connectivity index is 2.24. The third-order valence-electron chi connectivity index (χ3n) is 3.16. The predicted molar refractivity (Wildman–Crippen MR) is 62.2 cm³/mol. The van der Waals surface area contributed by atoms with Crippen molar-refractivity contribution in [3.05, 3.63) is 17.5 Å². The molecule has 1 aliphatic rings. The lowest BCUT2D eigenvalue weighted by molar-refractivity contribution is 0.0670. The molecule has 17 heavy (non-hydrogen) atoms. The van der Waals surface area contributed by atoms with E-state index in [9.17, 15) is 4.79 Å². The molecule has 1 saturated heterocycles. The highest BCUT2D eigenvalue weighted by Crippen LogP contribution is 2.20. The number of aromatic nitrogens is 2. The van der Waals surface area contributed by atoms with Crippen molar-refractivity contribution in [1.29, 1.82) is 5.26 Å². The number of carbonyl (C=O) groups is 1. The van der Waals surface area contributed by atoms with Gasteiger partial charge in [-0.3, -0.25) is 9.48 Å². The number of amides is 1. The summed E-state index contributed by atoms with van der Waals surface area (Å²) < 4.78 is 1.63. The fraction of sp³-hybridized carbons (Fsp3) is 0.583. The summed E-state index contributed by atoms with van der Waals surface area (Å²) in [5.41, 5.74) is 1.33. The smallest absolute Gasteiger partial charge is 0.258 e. The number of hydrogen-bond donors (Lipinski definition) is 0. The summed E-state index contributed by atoms with van der Waals surface area (Å²) in [5, 5.41) is 13.2. The molecule has 0 N–H and O–H groups in total. The number of piperidine rings is 1. The highest BCUT2D eigenvalue weighted by atomic mass is 16.2. The minimum absolute atomic E-state index is 0.0677. The number of nitriles is 1. The number of aryl methyl sites for hydroxylation is 2. The van der Waals surface area contributed by atoms with Crippen molar-refractivity contribution in [2.45, 2.75) is 32.2 Å². The van der Waals surface area contributed by atoms with Gasteiger partial charge in [0.1, 0.15) is 6.04 Å². The van der Waals surface area contributed by atoms with Crippen molar-refractivity contribution in [3.63, 3.8) is 0 Å². The molecule has 1 aromatic heterocycles. The van der Waals surface area contributed by atoms with E-state index in [1.165, 1.54) is 0 Å². The maximum Gasteiger partial charge on any atom is 0.258 e. The predicted octanol–water partition coefficient (Wildman–Crippen LogP) is 1.25. The van der Waals surface area contributed by atoms with E-state index < -0.39 is 0 Å². The maximum absolute atomic E-state index is 12.3. The van der Waals surface area contributed by atoms with Gasteiger partial charge >= 0.3 is 0 Å². The minimum Gasteiger partial charge on any atom is -0.323 e. The molecule has 1 unspecified atom stereocenters. The van der Waals surface area contributed by atoms with Crippen LogP contribution in [0.4, 0.5) is 0 Å². The van der Waals surface area contributed by atoms with Gasteiger partial charge < -0.3 is 4.90 Å². The van der Waals surface area contributed by atoms with Gasteiger partial charge in [-0.05, 0) is 26.2 Å². The third-order valence-corrected chi connectivity index (χ3v) is 3.16. The van der Waals surface area contributed by atoms with Crippen LogP contribution in [-0.2, 0) is 7.05 Å². The number of nitrogens with zero attached hydrogens (tertiary/aromatic N) is 4. The van der Waals surface area contributed by atoms with Crippen LogP contribution in [0.3, 0.4) is 0 Å². The first-order valence-electron chi connectivity index (χ1n) is 5.84. The van der Waals surface area contributed by atoms with Gasteiger partial charge in [-0.2, -0.15) is 10.4 Å². The van der Waals surface area contributed by atoms with E-state index >= 15 is 0 Å². The van der Waals surface area contributed by atoms with E-state index in [1.54, 1.807) is 22.8 Å². The van der Waals surface area contributed by atoms with Gasteiger partial charge in [-0.15, -0.1) is 0 Å². The lowest BCUT2D eigenvalue weighted by atomic mass is 10.0. The van der Waals surface area contributed by atoms with Gasteiger partial charge in [0.2, 0.25) is 0 Å². The molecule has 0 bridgehead atoms. The monoisotopic (exact) mass is 232 g/mol. The van der Waals surface area contributed by atoms with Gasteiger partial charge in [0.15, 0.2) is 0 Å². The van der Waals surface area contributed by atoms with Crippen molar-refractivity contribution in [1.82, 2.24) is 14.7 Å². The molecule has 0 radical (unpaired) electrons. The molecule has 0 aliphatic carbocycles. The Bertz CT molecular complexity index is 471. The number of carbonyl (C=O) groups excluding carboxylic acids is 1. The SMILES string of the molecule is Cc1nn(C)cc1C(=O)N1CCCCC1C#N. The molecule has 0 saturated carbocycles. The van der Waals surface area contributed by atoms with Gasteiger partial charge in [0.05, 0.1) is 17.3 Å². The normalized spacial score (nSPS) is 20.1. The van der Waals surface area contributed by atoms with Crippen LogP contribution in [-0.4, -0.2) is 33.2 Å². The van der Waals surface area contributed by atoms with Crippen molar-refractivity contribution < 1.29 is 4.79 Å². The van der Waals surface area contributed by atoms with Crippen LogP contribution in [0.15, 0.2) is 6.20 Å². The summed E-state index contributed by atoms with van der Waals surface area (Å²) in [5.74, 6) is -0.0677. The molecular weight excluding hydrogens is 216 g/mol. The Morgan fingerprint density at radius 3 is 2.94 bits per heavy atom. The first-order valence-corrected chi connectivity index (χ1v) is 5.84. The molecule has 5 nitrogen and oxygen atoms in total. The van der Waals surface area contributed by atoms with Crippen LogP contribution < -0.4 is 0 Å².